The third-order valence-corrected chi connectivity index (χ3v) is 3.69. The van der Waals surface area contributed by atoms with Crippen LogP contribution in [0.3, 0.4) is 0 Å². The van der Waals surface area contributed by atoms with Gasteiger partial charge in [0, 0.05) is 25.2 Å². The Balaban J connectivity index is 2.24. The van der Waals surface area contributed by atoms with E-state index in [0.717, 1.165) is 17.3 Å². The van der Waals surface area contributed by atoms with Crippen LogP contribution in [0.15, 0.2) is 18.2 Å². The van der Waals surface area contributed by atoms with Crippen molar-refractivity contribution >= 4 is 17.3 Å². The largest absolute Gasteiger partial charge is 0.395 e. The molecule has 1 aromatic rings. The first-order valence-corrected chi connectivity index (χ1v) is 7.39. The van der Waals surface area contributed by atoms with Crippen LogP contribution in [0.25, 0.3) is 0 Å². The number of para-hydroxylation sites is 1. The topological polar surface area (TPSA) is 35.5 Å². The molecule has 0 bridgehead atoms. The zero-order valence-corrected chi connectivity index (χ0v) is 12.5. The summed E-state index contributed by atoms with van der Waals surface area (Å²) in [6.07, 6.45) is 2.39. The van der Waals surface area contributed by atoms with E-state index in [1.165, 1.54) is 18.4 Å². The summed E-state index contributed by atoms with van der Waals surface area (Å²) < 4.78 is 0. The summed E-state index contributed by atoms with van der Waals surface area (Å²) >= 11 is 6.40. The molecule has 0 aromatic heterocycles. The van der Waals surface area contributed by atoms with Gasteiger partial charge in [0.2, 0.25) is 0 Å². The number of halogens is 1. The second kappa shape index (κ2) is 6.60. The van der Waals surface area contributed by atoms with Crippen molar-refractivity contribution < 1.29 is 5.11 Å². The van der Waals surface area contributed by atoms with Gasteiger partial charge in [-0.15, -0.1) is 0 Å². The van der Waals surface area contributed by atoms with Crippen LogP contribution in [0.4, 0.5) is 5.69 Å². The van der Waals surface area contributed by atoms with E-state index in [-0.39, 0.29) is 6.61 Å². The molecule has 0 radical (unpaired) electrons. The summed E-state index contributed by atoms with van der Waals surface area (Å²) in [4.78, 5) is 2.26. The van der Waals surface area contributed by atoms with E-state index in [2.05, 4.69) is 30.1 Å². The lowest BCUT2D eigenvalue weighted by Gasteiger charge is -2.28. The number of aliphatic hydroxyl groups is 1. The van der Waals surface area contributed by atoms with Crippen LogP contribution in [0, 0.1) is 0 Å². The highest BCUT2D eigenvalue weighted by atomic mass is 35.5. The molecule has 19 heavy (non-hydrogen) atoms. The Kier molecular flexibility index (Phi) is 5.08. The summed E-state index contributed by atoms with van der Waals surface area (Å²) in [6.45, 7) is 5.90. The summed E-state index contributed by atoms with van der Waals surface area (Å²) in [5, 5.41) is 13.5. The molecule has 4 heteroatoms. The predicted octanol–water partition coefficient (Wildman–Crippen LogP) is 2.80. The van der Waals surface area contributed by atoms with E-state index >= 15 is 0 Å². The van der Waals surface area contributed by atoms with Gasteiger partial charge in [0.05, 0.1) is 17.3 Å². The first-order valence-electron chi connectivity index (χ1n) is 7.01. The minimum Gasteiger partial charge on any atom is -0.395 e. The second-order valence-corrected chi connectivity index (χ2v) is 5.84. The van der Waals surface area contributed by atoms with E-state index in [1.807, 2.05) is 12.1 Å². The van der Waals surface area contributed by atoms with Gasteiger partial charge in [-0.3, -0.25) is 0 Å². The minimum absolute atomic E-state index is 0.165. The average Bonchev–Trinajstić information content (AvgIpc) is 3.18. The Hall–Kier alpha value is -0.770. The maximum Gasteiger partial charge on any atom is 0.0643 e. The van der Waals surface area contributed by atoms with Crippen molar-refractivity contribution in [3.63, 3.8) is 0 Å². The lowest BCUT2D eigenvalue weighted by molar-refractivity contribution is 0.301. The van der Waals surface area contributed by atoms with Crippen molar-refractivity contribution in [1.82, 2.24) is 5.32 Å². The van der Waals surface area contributed by atoms with Crippen molar-refractivity contribution in [1.29, 1.82) is 0 Å². The number of aliphatic hydroxyl groups excluding tert-OH is 1. The molecule has 1 aliphatic carbocycles. The number of hydrogen-bond acceptors (Lipinski definition) is 3. The highest BCUT2D eigenvalue weighted by Gasteiger charge is 2.31. The van der Waals surface area contributed by atoms with E-state index in [0.29, 0.717) is 18.6 Å². The highest BCUT2D eigenvalue weighted by Crippen LogP contribution is 2.37. The quantitative estimate of drug-likeness (QED) is 0.807. The molecule has 1 fully saturated rings. The number of rotatable bonds is 7. The maximum absolute atomic E-state index is 9.27. The summed E-state index contributed by atoms with van der Waals surface area (Å²) in [5.74, 6) is 0. The Labute approximate surface area is 120 Å². The van der Waals surface area contributed by atoms with Crippen molar-refractivity contribution in [2.45, 2.75) is 45.3 Å². The third kappa shape index (κ3) is 3.85. The van der Waals surface area contributed by atoms with Gasteiger partial charge in [0.25, 0.3) is 0 Å². The van der Waals surface area contributed by atoms with Crippen molar-refractivity contribution in [3.05, 3.63) is 28.8 Å². The van der Waals surface area contributed by atoms with E-state index in [9.17, 15) is 5.11 Å². The molecule has 0 unspecified atom stereocenters. The maximum atomic E-state index is 9.27. The lowest BCUT2D eigenvalue weighted by atomic mass is 10.1. The Morgan fingerprint density at radius 1 is 1.42 bits per heavy atom. The fourth-order valence-corrected chi connectivity index (χ4v) is 2.61. The Bertz CT molecular complexity index is 419. The standard InChI is InChI=1S/C15H23ClN2O/c1-11(2)17-10-12-4-3-5-14(16)15(12)18(8-9-19)13-6-7-13/h3-5,11,13,17,19H,6-10H2,1-2H3. The fourth-order valence-electron chi connectivity index (χ4n) is 2.31. The first kappa shape index (κ1) is 14.6. The van der Waals surface area contributed by atoms with Crippen LogP contribution in [-0.4, -0.2) is 30.3 Å². The van der Waals surface area contributed by atoms with Gasteiger partial charge in [-0.05, 0) is 24.5 Å². The van der Waals surface area contributed by atoms with Gasteiger partial charge in [0.15, 0.2) is 0 Å². The Morgan fingerprint density at radius 3 is 2.74 bits per heavy atom. The molecule has 0 saturated heterocycles. The van der Waals surface area contributed by atoms with E-state index < -0.39 is 0 Å². The number of anilines is 1. The molecule has 1 aliphatic rings. The van der Waals surface area contributed by atoms with Gasteiger partial charge in [0.1, 0.15) is 0 Å². The molecule has 0 spiro atoms. The number of hydrogen-bond donors (Lipinski definition) is 2. The van der Waals surface area contributed by atoms with Gasteiger partial charge in [-0.25, -0.2) is 0 Å². The molecule has 0 aliphatic heterocycles. The molecule has 0 amide bonds. The van der Waals surface area contributed by atoms with Crippen LogP contribution >= 0.6 is 11.6 Å². The van der Waals surface area contributed by atoms with Crippen molar-refractivity contribution in [2.24, 2.45) is 0 Å². The number of nitrogens with zero attached hydrogens (tertiary/aromatic N) is 1. The van der Waals surface area contributed by atoms with E-state index in [1.54, 1.807) is 0 Å². The lowest BCUT2D eigenvalue weighted by Crippen LogP contribution is -2.31. The SMILES string of the molecule is CC(C)NCc1cccc(Cl)c1N(CCO)C1CC1. The molecule has 106 valence electrons. The van der Waals surface area contributed by atoms with Gasteiger partial charge < -0.3 is 15.3 Å². The van der Waals surface area contributed by atoms with Crippen LogP contribution in [0.1, 0.15) is 32.3 Å². The predicted molar refractivity (Wildman–Crippen MR) is 80.9 cm³/mol. The average molecular weight is 283 g/mol. The van der Waals surface area contributed by atoms with E-state index in [4.69, 9.17) is 11.6 Å². The summed E-state index contributed by atoms with van der Waals surface area (Å²) in [7, 11) is 0. The monoisotopic (exact) mass is 282 g/mol. The molecule has 0 atom stereocenters. The molecule has 3 nitrogen and oxygen atoms in total. The van der Waals surface area contributed by atoms with Gasteiger partial charge in [-0.1, -0.05) is 37.6 Å². The molecule has 1 saturated carbocycles. The van der Waals surface area contributed by atoms with Crippen LogP contribution in [0.5, 0.6) is 0 Å². The zero-order valence-electron chi connectivity index (χ0n) is 11.7. The molecular weight excluding hydrogens is 260 g/mol. The van der Waals surface area contributed by atoms with Crippen molar-refractivity contribution in [2.75, 3.05) is 18.1 Å². The number of benzene rings is 1. The van der Waals surface area contributed by atoms with Crippen molar-refractivity contribution in [3.8, 4) is 0 Å². The smallest absolute Gasteiger partial charge is 0.0643 e. The first-order chi connectivity index (χ1) is 9.13. The van der Waals surface area contributed by atoms with Crippen LogP contribution in [0.2, 0.25) is 5.02 Å². The highest BCUT2D eigenvalue weighted by molar-refractivity contribution is 6.33. The fraction of sp³-hybridized carbons (Fsp3) is 0.600. The molecule has 1 aromatic carbocycles. The molecule has 2 rings (SSSR count). The third-order valence-electron chi connectivity index (χ3n) is 3.39. The summed E-state index contributed by atoms with van der Waals surface area (Å²) in [5.41, 5.74) is 2.30. The normalized spacial score (nSPS) is 15.0. The minimum atomic E-state index is 0.165. The molecular formula is C15H23ClN2O. The summed E-state index contributed by atoms with van der Waals surface area (Å²) in [6, 6.07) is 7.03. The van der Waals surface area contributed by atoms with Gasteiger partial charge in [-0.2, -0.15) is 0 Å². The molecule has 0 heterocycles. The van der Waals surface area contributed by atoms with Crippen LogP contribution in [-0.2, 0) is 6.54 Å². The van der Waals surface area contributed by atoms with Crippen LogP contribution < -0.4 is 10.2 Å². The second-order valence-electron chi connectivity index (χ2n) is 5.43. The Morgan fingerprint density at radius 2 is 2.16 bits per heavy atom. The van der Waals surface area contributed by atoms with Gasteiger partial charge >= 0.3 is 0 Å². The number of nitrogens with one attached hydrogen (secondary N) is 1. The zero-order chi connectivity index (χ0) is 13.8. The molecule has 2 N–H and O–H groups in total.